The third-order valence-electron chi connectivity index (χ3n) is 5.93. The van der Waals surface area contributed by atoms with Crippen molar-refractivity contribution in [3.8, 4) is 11.1 Å². The monoisotopic (exact) mass is 359 g/mol. The van der Waals surface area contributed by atoms with Crippen molar-refractivity contribution >= 4 is 16.8 Å². The van der Waals surface area contributed by atoms with Crippen molar-refractivity contribution in [3.05, 3.63) is 64.7 Å². The topological polar surface area (TPSA) is 55.2 Å². The Balaban J connectivity index is 1.60. The fraction of sp³-hybridized carbons (Fsp3) is 0.318. The summed E-state index contributed by atoms with van der Waals surface area (Å²) in [5.74, 6) is 0.712. The highest BCUT2D eigenvalue weighted by Gasteiger charge is 2.35. The van der Waals surface area contributed by atoms with Gasteiger partial charge in [-0.3, -0.25) is 14.6 Å². The molecule has 2 aliphatic heterocycles. The number of nitrogens with zero attached hydrogens (tertiary/aromatic N) is 3. The van der Waals surface area contributed by atoms with E-state index >= 15 is 0 Å². The van der Waals surface area contributed by atoms with Gasteiger partial charge in [-0.25, -0.2) is 0 Å². The summed E-state index contributed by atoms with van der Waals surface area (Å²) in [7, 11) is 0. The largest absolute Gasteiger partial charge is 0.342 e. The minimum Gasteiger partial charge on any atom is -0.342 e. The summed E-state index contributed by atoms with van der Waals surface area (Å²) in [6, 6.07) is 13.9. The highest BCUT2D eigenvalue weighted by molar-refractivity contribution is 5.83. The van der Waals surface area contributed by atoms with Gasteiger partial charge < -0.3 is 9.47 Å². The van der Waals surface area contributed by atoms with Crippen molar-refractivity contribution < 1.29 is 4.79 Å². The predicted octanol–water partition coefficient (Wildman–Crippen LogP) is 3.03. The zero-order valence-corrected chi connectivity index (χ0v) is 15.3. The van der Waals surface area contributed by atoms with E-state index in [-0.39, 0.29) is 17.4 Å². The summed E-state index contributed by atoms with van der Waals surface area (Å²) in [4.78, 5) is 31.2. The molecule has 2 aliphatic rings. The zero-order chi connectivity index (χ0) is 18.5. The van der Waals surface area contributed by atoms with Crippen LogP contribution >= 0.6 is 0 Å². The van der Waals surface area contributed by atoms with Crippen LogP contribution in [0.4, 0.5) is 0 Å². The van der Waals surface area contributed by atoms with E-state index in [0.29, 0.717) is 19.0 Å². The quantitative estimate of drug-likeness (QED) is 0.671. The van der Waals surface area contributed by atoms with E-state index in [1.807, 2.05) is 39.9 Å². The molecule has 0 radical (unpaired) electrons. The van der Waals surface area contributed by atoms with Crippen molar-refractivity contribution in [2.24, 2.45) is 5.92 Å². The molecule has 3 aromatic rings. The number of amides is 1. The summed E-state index contributed by atoms with van der Waals surface area (Å²) in [5, 5.41) is 1.06. The lowest BCUT2D eigenvalue weighted by Gasteiger charge is -2.42. The van der Waals surface area contributed by atoms with Gasteiger partial charge in [-0.15, -0.1) is 0 Å². The molecule has 4 heterocycles. The Bertz CT molecular complexity index is 1120. The van der Waals surface area contributed by atoms with Crippen molar-refractivity contribution in [3.63, 3.8) is 0 Å². The molecule has 0 aliphatic carbocycles. The lowest BCUT2D eigenvalue weighted by molar-refractivity contribution is -0.131. The van der Waals surface area contributed by atoms with Crippen LogP contribution in [0.15, 0.2) is 53.5 Å². The molecule has 5 heteroatoms. The van der Waals surface area contributed by atoms with E-state index in [4.69, 9.17) is 0 Å². The predicted molar refractivity (Wildman–Crippen MR) is 105 cm³/mol. The molecule has 5 nitrogen and oxygen atoms in total. The lowest BCUT2D eigenvalue weighted by atomic mass is 9.82. The van der Waals surface area contributed by atoms with Gasteiger partial charge in [-0.2, -0.15) is 0 Å². The van der Waals surface area contributed by atoms with Gasteiger partial charge in [0.15, 0.2) is 0 Å². The number of carbonyl (C=O) groups is 1. The number of fused-ring (bicyclic) bond motifs is 5. The van der Waals surface area contributed by atoms with Crippen LogP contribution in [0.1, 0.15) is 25.0 Å². The third-order valence-corrected chi connectivity index (χ3v) is 5.93. The number of carbonyl (C=O) groups excluding carboxylic acids is 1. The normalized spacial score (nSPS) is 21.1. The summed E-state index contributed by atoms with van der Waals surface area (Å²) >= 11 is 0. The van der Waals surface area contributed by atoms with Crippen molar-refractivity contribution in [2.75, 3.05) is 13.1 Å². The molecule has 1 amide bonds. The zero-order valence-electron chi connectivity index (χ0n) is 15.3. The van der Waals surface area contributed by atoms with Crippen molar-refractivity contribution in [1.29, 1.82) is 0 Å². The first-order valence-corrected chi connectivity index (χ1v) is 9.44. The van der Waals surface area contributed by atoms with Crippen LogP contribution in [0.2, 0.25) is 0 Å². The van der Waals surface area contributed by atoms with Crippen LogP contribution in [-0.4, -0.2) is 33.4 Å². The second-order valence-corrected chi connectivity index (χ2v) is 7.76. The third kappa shape index (κ3) is 2.74. The maximum Gasteiger partial charge on any atom is 0.251 e. The molecular weight excluding hydrogens is 338 g/mol. The minimum atomic E-state index is 0.0432. The van der Waals surface area contributed by atoms with E-state index in [1.165, 1.54) is 0 Å². The van der Waals surface area contributed by atoms with E-state index in [2.05, 4.69) is 17.1 Å². The number of hydrogen-bond acceptors (Lipinski definition) is 3. The average molecular weight is 359 g/mol. The number of piperidine rings is 1. The maximum atomic E-state index is 12.8. The maximum absolute atomic E-state index is 12.8. The Morgan fingerprint density at radius 2 is 1.93 bits per heavy atom. The molecule has 1 fully saturated rings. The van der Waals surface area contributed by atoms with E-state index in [1.54, 1.807) is 13.0 Å². The molecule has 1 aromatic carbocycles. The molecule has 2 bridgehead atoms. The Morgan fingerprint density at radius 1 is 1.07 bits per heavy atom. The first kappa shape index (κ1) is 16.2. The van der Waals surface area contributed by atoms with Crippen LogP contribution in [0.3, 0.4) is 0 Å². The molecular formula is C22H21N3O2. The lowest BCUT2D eigenvalue weighted by Crippen LogP contribution is -2.48. The van der Waals surface area contributed by atoms with Gasteiger partial charge in [-0.05, 0) is 36.1 Å². The summed E-state index contributed by atoms with van der Waals surface area (Å²) < 4.78 is 1.91. The van der Waals surface area contributed by atoms with Gasteiger partial charge in [0.05, 0.1) is 5.52 Å². The number of benzene rings is 1. The molecule has 0 unspecified atom stereocenters. The van der Waals surface area contributed by atoms with Crippen LogP contribution in [0.25, 0.3) is 22.0 Å². The van der Waals surface area contributed by atoms with E-state index in [9.17, 15) is 9.59 Å². The summed E-state index contributed by atoms with van der Waals surface area (Å²) in [5.41, 5.74) is 3.90. The number of para-hydroxylation sites is 1. The van der Waals surface area contributed by atoms with E-state index in [0.717, 1.165) is 40.7 Å². The second-order valence-electron chi connectivity index (χ2n) is 7.76. The molecule has 0 spiro atoms. The minimum absolute atomic E-state index is 0.0432. The first-order chi connectivity index (χ1) is 13.1. The van der Waals surface area contributed by atoms with Gasteiger partial charge in [0.1, 0.15) is 0 Å². The highest BCUT2D eigenvalue weighted by atomic mass is 16.2. The number of pyridine rings is 2. The Morgan fingerprint density at radius 3 is 2.78 bits per heavy atom. The number of hydrogen-bond donors (Lipinski definition) is 0. The fourth-order valence-corrected chi connectivity index (χ4v) is 4.61. The molecule has 2 atom stereocenters. The van der Waals surface area contributed by atoms with Gasteiger partial charge >= 0.3 is 0 Å². The van der Waals surface area contributed by atoms with E-state index < -0.39 is 0 Å². The summed E-state index contributed by atoms with van der Waals surface area (Å²) in [6.07, 6.45) is 2.88. The molecule has 27 heavy (non-hydrogen) atoms. The van der Waals surface area contributed by atoms with Gasteiger partial charge in [0, 0.05) is 61.4 Å². The van der Waals surface area contributed by atoms with Crippen LogP contribution in [-0.2, 0) is 11.3 Å². The Hall–Kier alpha value is -2.95. The average Bonchev–Trinajstić information content (AvgIpc) is 2.68. The van der Waals surface area contributed by atoms with Crippen LogP contribution in [0, 0.1) is 5.92 Å². The fourth-order valence-electron chi connectivity index (χ4n) is 4.61. The molecule has 0 N–H and O–H groups in total. The Kier molecular flexibility index (Phi) is 3.64. The van der Waals surface area contributed by atoms with Crippen LogP contribution in [0.5, 0.6) is 0 Å². The van der Waals surface area contributed by atoms with Gasteiger partial charge in [0.25, 0.3) is 5.56 Å². The summed E-state index contributed by atoms with van der Waals surface area (Å²) in [6.45, 7) is 3.79. The highest BCUT2D eigenvalue weighted by Crippen LogP contribution is 2.36. The first-order valence-electron chi connectivity index (χ1n) is 9.44. The smallest absolute Gasteiger partial charge is 0.251 e. The number of rotatable bonds is 1. The standard InChI is InChI=1S/C22H21N3O2/c1-14(26)24-11-15-6-19(13-24)21-8-17(9-22(27)25(21)12-15)18-7-16-4-2-3-5-20(16)23-10-18/h2-5,7-10,15,19H,6,11-13H2,1H3/t15-,19+/m0/s1. The molecule has 136 valence electrons. The second kappa shape index (κ2) is 6.05. The number of aromatic nitrogens is 2. The van der Waals surface area contributed by atoms with Crippen LogP contribution < -0.4 is 5.56 Å². The molecule has 2 aromatic heterocycles. The molecule has 5 rings (SSSR count). The van der Waals surface area contributed by atoms with Gasteiger partial charge in [0.2, 0.25) is 5.91 Å². The van der Waals surface area contributed by atoms with Crippen molar-refractivity contribution in [1.82, 2.24) is 14.5 Å². The molecule has 0 saturated carbocycles. The number of likely N-dealkylation sites (tertiary alicyclic amines) is 1. The SMILES string of the molecule is CC(=O)N1C[C@@H]2C[C@H](C1)c1cc(-c3cnc4ccccc4c3)cc(=O)n1C2. The molecule has 1 saturated heterocycles. The van der Waals surface area contributed by atoms with Gasteiger partial charge in [-0.1, -0.05) is 18.2 Å². The Labute approximate surface area is 157 Å². The van der Waals surface area contributed by atoms with Crippen molar-refractivity contribution in [2.45, 2.75) is 25.8 Å².